The maximum atomic E-state index is 12.6. The van der Waals surface area contributed by atoms with Gasteiger partial charge in [-0.1, -0.05) is 38.3 Å². The van der Waals surface area contributed by atoms with E-state index in [0.717, 1.165) is 4.57 Å². The predicted octanol–water partition coefficient (Wildman–Crippen LogP) is 2.84. The zero-order valence-electron chi connectivity index (χ0n) is 16.1. The van der Waals surface area contributed by atoms with Crippen molar-refractivity contribution < 1.29 is 14.6 Å². The van der Waals surface area contributed by atoms with E-state index >= 15 is 0 Å². The molecule has 0 radical (unpaired) electrons. The van der Waals surface area contributed by atoms with Crippen LogP contribution in [0.5, 0.6) is 5.88 Å². The number of halogens is 1. The normalized spacial score (nSPS) is 11.9. The van der Waals surface area contributed by atoms with Crippen LogP contribution in [0.2, 0.25) is 5.02 Å². The van der Waals surface area contributed by atoms with Crippen LogP contribution in [0.1, 0.15) is 26.5 Å². The van der Waals surface area contributed by atoms with Crippen LogP contribution < -0.4 is 11.0 Å². The predicted molar refractivity (Wildman–Crippen MR) is 108 cm³/mol. The molecule has 0 saturated carbocycles. The van der Waals surface area contributed by atoms with Crippen LogP contribution in [0.3, 0.4) is 0 Å². The molecule has 0 amide bonds. The highest BCUT2D eigenvalue weighted by Crippen LogP contribution is 2.19. The van der Waals surface area contributed by atoms with Gasteiger partial charge in [0.25, 0.3) is 0 Å². The van der Waals surface area contributed by atoms with E-state index in [0.29, 0.717) is 22.8 Å². The number of rotatable bonds is 8. The quantitative estimate of drug-likeness (QED) is 0.521. The Morgan fingerprint density at radius 2 is 1.96 bits per heavy atom. The van der Waals surface area contributed by atoms with Crippen molar-refractivity contribution in [3.8, 4) is 18.2 Å². The van der Waals surface area contributed by atoms with Gasteiger partial charge < -0.3 is 15.2 Å². The number of esters is 1. The second-order valence-corrected chi connectivity index (χ2v) is 7.03. The first-order valence-electron chi connectivity index (χ1n) is 8.93. The van der Waals surface area contributed by atoms with E-state index in [1.54, 1.807) is 31.2 Å². The average Bonchev–Trinajstić information content (AvgIpc) is 2.88. The molecule has 2 aromatic rings. The first kappa shape index (κ1) is 21.5. The lowest BCUT2D eigenvalue weighted by Crippen LogP contribution is -2.37. The molecule has 28 heavy (non-hydrogen) atoms. The number of hydrogen-bond donors (Lipinski definition) is 2. The van der Waals surface area contributed by atoms with Crippen molar-refractivity contribution in [2.75, 3.05) is 5.32 Å². The molecule has 1 heterocycles. The van der Waals surface area contributed by atoms with Gasteiger partial charge in [0.1, 0.15) is 6.04 Å². The lowest BCUT2D eigenvalue weighted by molar-refractivity contribution is -0.149. The zero-order valence-corrected chi connectivity index (χ0v) is 16.9. The highest BCUT2D eigenvalue weighted by molar-refractivity contribution is 6.30. The minimum absolute atomic E-state index is 0.0310. The van der Waals surface area contributed by atoms with E-state index in [1.807, 2.05) is 13.8 Å². The van der Waals surface area contributed by atoms with Crippen LogP contribution >= 0.6 is 11.6 Å². The van der Waals surface area contributed by atoms with Gasteiger partial charge in [0.2, 0.25) is 5.88 Å². The third-order valence-corrected chi connectivity index (χ3v) is 4.56. The van der Waals surface area contributed by atoms with E-state index in [2.05, 4.69) is 11.2 Å². The summed E-state index contributed by atoms with van der Waals surface area (Å²) < 4.78 is 7.59. The molecule has 150 valence electrons. The standard InChI is InChI=1S/C20H24ClN3O4/c1-5-11-23-16(6-2)18(25)24(20(23)27)12-28-19(26)17(13(3)4)22-15-9-7-14(21)8-10-15/h1,7-10,13,17,22,25H,6,11-12H2,2-4H3. The fourth-order valence-electron chi connectivity index (χ4n) is 2.79. The highest BCUT2D eigenvalue weighted by Gasteiger charge is 2.25. The van der Waals surface area contributed by atoms with Crippen molar-refractivity contribution in [3.63, 3.8) is 0 Å². The molecule has 0 saturated heterocycles. The molecule has 0 spiro atoms. The molecule has 2 N–H and O–H groups in total. The van der Waals surface area contributed by atoms with Gasteiger partial charge in [0, 0.05) is 10.7 Å². The van der Waals surface area contributed by atoms with Gasteiger partial charge in [0.05, 0.1) is 12.2 Å². The number of anilines is 1. The topological polar surface area (TPSA) is 85.5 Å². The smallest absolute Gasteiger partial charge is 0.334 e. The Morgan fingerprint density at radius 3 is 2.50 bits per heavy atom. The number of terminal acetylenes is 1. The maximum Gasteiger partial charge on any atom is 0.334 e. The summed E-state index contributed by atoms with van der Waals surface area (Å²) in [5, 5.41) is 14.0. The third-order valence-electron chi connectivity index (χ3n) is 4.31. The second-order valence-electron chi connectivity index (χ2n) is 6.59. The SMILES string of the molecule is C#CCn1c(CC)c(O)n(COC(=O)C(Nc2ccc(Cl)cc2)C(C)C)c1=O. The number of aromatic hydroxyl groups is 1. The van der Waals surface area contributed by atoms with Gasteiger partial charge in [-0.25, -0.2) is 14.2 Å². The van der Waals surface area contributed by atoms with E-state index in [4.69, 9.17) is 22.8 Å². The first-order valence-corrected chi connectivity index (χ1v) is 9.31. The van der Waals surface area contributed by atoms with E-state index in [-0.39, 0.29) is 18.3 Å². The molecular formula is C20H24ClN3O4. The molecule has 0 aliphatic carbocycles. The Bertz CT molecular complexity index is 923. The van der Waals surface area contributed by atoms with Gasteiger partial charge in [-0.2, -0.15) is 0 Å². The molecule has 0 bridgehead atoms. The summed E-state index contributed by atoms with van der Waals surface area (Å²) >= 11 is 5.88. The number of imidazole rings is 1. The molecule has 2 rings (SSSR count). The van der Waals surface area contributed by atoms with E-state index < -0.39 is 24.4 Å². The summed E-state index contributed by atoms with van der Waals surface area (Å²) in [4.78, 5) is 25.0. The number of benzene rings is 1. The fraction of sp³-hybridized carbons (Fsp3) is 0.400. The Hall–Kier alpha value is -2.85. The van der Waals surface area contributed by atoms with Gasteiger partial charge in [0.15, 0.2) is 6.73 Å². The summed E-state index contributed by atoms with van der Waals surface area (Å²) in [7, 11) is 0. The summed E-state index contributed by atoms with van der Waals surface area (Å²) in [6.07, 6.45) is 5.70. The number of nitrogens with zero attached hydrogens (tertiary/aromatic N) is 2. The number of aromatic nitrogens is 2. The Kier molecular flexibility index (Phi) is 7.18. The molecule has 1 atom stereocenters. The molecule has 0 aliphatic heterocycles. The summed E-state index contributed by atoms with van der Waals surface area (Å²) in [6.45, 7) is 5.17. The van der Waals surface area contributed by atoms with Gasteiger partial charge in [-0.3, -0.25) is 4.57 Å². The third kappa shape index (κ3) is 4.70. The van der Waals surface area contributed by atoms with Crippen LogP contribution in [0, 0.1) is 18.3 Å². The second kappa shape index (κ2) is 9.38. The highest BCUT2D eigenvalue weighted by atomic mass is 35.5. The Balaban J connectivity index is 2.16. The minimum Gasteiger partial charge on any atom is -0.493 e. The Morgan fingerprint density at radius 1 is 1.32 bits per heavy atom. The van der Waals surface area contributed by atoms with Crippen molar-refractivity contribution in [3.05, 3.63) is 45.5 Å². The molecule has 0 aliphatic rings. The van der Waals surface area contributed by atoms with Crippen molar-refractivity contribution in [2.45, 2.75) is 46.5 Å². The van der Waals surface area contributed by atoms with Crippen LogP contribution in [0.15, 0.2) is 29.1 Å². The fourth-order valence-corrected chi connectivity index (χ4v) is 2.92. The number of hydrogen-bond acceptors (Lipinski definition) is 5. The summed E-state index contributed by atoms with van der Waals surface area (Å²) in [5.41, 5.74) is 0.596. The molecule has 7 nitrogen and oxygen atoms in total. The van der Waals surface area contributed by atoms with E-state index in [9.17, 15) is 14.7 Å². The summed E-state index contributed by atoms with van der Waals surface area (Å²) in [6, 6.07) is 6.30. The van der Waals surface area contributed by atoms with Gasteiger partial charge in [-0.05, 0) is 36.6 Å². The molecule has 8 heteroatoms. The molecule has 0 fully saturated rings. The number of carbonyl (C=O) groups excluding carboxylic acids is 1. The van der Waals surface area contributed by atoms with Crippen molar-refractivity contribution in [1.29, 1.82) is 0 Å². The summed E-state index contributed by atoms with van der Waals surface area (Å²) in [5.74, 6) is 1.51. The Labute approximate surface area is 168 Å². The minimum atomic E-state index is -0.641. The number of carbonyl (C=O) groups is 1. The molecule has 1 aromatic heterocycles. The number of ether oxygens (including phenoxy) is 1. The lowest BCUT2D eigenvalue weighted by atomic mass is 10.0. The van der Waals surface area contributed by atoms with E-state index in [1.165, 1.54) is 4.57 Å². The lowest BCUT2D eigenvalue weighted by Gasteiger charge is -2.22. The molecule has 1 aromatic carbocycles. The van der Waals surface area contributed by atoms with Crippen LogP contribution in [0.4, 0.5) is 5.69 Å². The van der Waals surface area contributed by atoms with Crippen LogP contribution in [0.25, 0.3) is 0 Å². The van der Waals surface area contributed by atoms with Crippen LogP contribution in [-0.4, -0.2) is 26.3 Å². The van der Waals surface area contributed by atoms with Crippen molar-refractivity contribution in [1.82, 2.24) is 9.13 Å². The molecule has 1 unspecified atom stereocenters. The van der Waals surface area contributed by atoms with Crippen molar-refractivity contribution in [2.24, 2.45) is 5.92 Å². The zero-order chi connectivity index (χ0) is 20.8. The average molecular weight is 406 g/mol. The number of nitrogens with one attached hydrogen (secondary N) is 1. The van der Waals surface area contributed by atoms with Crippen LogP contribution in [-0.2, 0) is 29.2 Å². The van der Waals surface area contributed by atoms with Crippen molar-refractivity contribution >= 4 is 23.3 Å². The largest absolute Gasteiger partial charge is 0.493 e. The maximum absolute atomic E-state index is 12.6. The monoisotopic (exact) mass is 405 g/mol. The first-order chi connectivity index (χ1) is 13.3. The molecular weight excluding hydrogens is 382 g/mol. The van der Waals surface area contributed by atoms with Gasteiger partial charge in [-0.15, -0.1) is 6.42 Å². The van der Waals surface area contributed by atoms with Gasteiger partial charge >= 0.3 is 11.7 Å².